The molecule has 0 radical (unpaired) electrons. The van der Waals surface area contributed by atoms with Gasteiger partial charge in [-0.2, -0.15) is 10.4 Å². The largest absolute Gasteiger partial charge is 0.481 e. The Morgan fingerprint density at radius 3 is 2.45 bits per heavy atom. The zero-order valence-corrected chi connectivity index (χ0v) is 16.3. The molecule has 2 N–H and O–H groups in total. The van der Waals surface area contributed by atoms with E-state index in [0.717, 1.165) is 28.7 Å². The van der Waals surface area contributed by atoms with E-state index in [1.54, 1.807) is 18.3 Å². The van der Waals surface area contributed by atoms with Gasteiger partial charge in [0, 0.05) is 18.4 Å². The fourth-order valence-electron chi connectivity index (χ4n) is 2.59. The Morgan fingerprint density at radius 2 is 1.86 bits per heavy atom. The molecule has 8 nitrogen and oxygen atoms in total. The van der Waals surface area contributed by atoms with Crippen LogP contribution < -0.4 is 10.2 Å². The fourth-order valence-corrected chi connectivity index (χ4v) is 3.50. The van der Waals surface area contributed by atoms with Crippen molar-refractivity contribution in [3.05, 3.63) is 59.7 Å². The van der Waals surface area contributed by atoms with E-state index < -0.39 is 11.2 Å². The van der Waals surface area contributed by atoms with Crippen LogP contribution in [0.25, 0.3) is 0 Å². The Hall–Kier alpha value is -3.64. The van der Waals surface area contributed by atoms with Crippen LogP contribution in [0.15, 0.2) is 58.7 Å². The van der Waals surface area contributed by atoms with E-state index in [-0.39, 0.29) is 17.5 Å². The molecule has 2 aromatic carbocycles. The molecule has 0 aromatic heterocycles. The first-order chi connectivity index (χ1) is 14.0. The molecule has 29 heavy (non-hydrogen) atoms. The maximum atomic E-state index is 11.7. The second-order valence-electron chi connectivity index (χ2n) is 6.15. The Balaban J connectivity index is 1.62. The van der Waals surface area contributed by atoms with E-state index in [9.17, 15) is 9.59 Å². The molecule has 146 valence electrons. The highest BCUT2D eigenvalue weighted by molar-refractivity contribution is 8.15. The highest BCUT2D eigenvalue weighted by Crippen LogP contribution is 2.24. The van der Waals surface area contributed by atoms with Crippen molar-refractivity contribution in [1.29, 1.82) is 5.26 Å². The van der Waals surface area contributed by atoms with Gasteiger partial charge in [0.1, 0.15) is 5.25 Å². The monoisotopic (exact) mass is 407 g/mol. The average molecular weight is 407 g/mol. The molecule has 1 heterocycles. The minimum atomic E-state index is -1.03. The highest BCUT2D eigenvalue weighted by Gasteiger charge is 2.32. The number of hydrogen-bond donors (Lipinski definition) is 2. The second kappa shape index (κ2) is 9.03. The van der Waals surface area contributed by atoms with Gasteiger partial charge in [0.25, 0.3) is 0 Å². The number of anilines is 2. The minimum Gasteiger partial charge on any atom is -0.481 e. The summed E-state index contributed by atoms with van der Waals surface area (Å²) in [6, 6.07) is 17.0. The third-order valence-corrected chi connectivity index (χ3v) is 5.23. The zero-order chi connectivity index (χ0) is 20.8. The molecule has 3 rings (SSSR count). The number of nitrogens with zero attached hydrogens (tertiary/aromatic N) is 4. The SMILES string of the molecule is CN(c1ccc(C#N)cc1)c1ccc(C=NN=C2NC(=O)C(CC(=O)O)S2)cc1. The molecule has 1 amide bonds. The predicted molar refractivity (Wildman–Crippen MR) is 112 cm³/mol. The normalized spacial score (nSPS) is 17.3. The van der Waals surface area contributed by atoms with Crippen LogP contribution in [0.4, 0.5) is 11.4 Å². The number of nitriles is 1. The first kappa shape index (κ1) is 20.1. The lowest BCUT2D eigenvalue weighted by Crippen LogP contribution is -2.26. The molecule has 1 saturated heterocycles. The summed E-state index contributed by atoms with van der Waals surface area (Å²) < 4.78 is 0. The number of carboxylic acids is 1. The van der Waals surface area contributed by atoms with Gasteiger partial charge in [0.2, 0.25) is 5.91 Å². The Bertz CT molecular complexity index is 1010. The summed E-state index contributed by atoms with van der Waals surface area (Å²) in [4.78, 5) is 24.4. The first-order valence-electron chi connectivity index (χ1n) is 8.60. The number of aliphatic carboxylic acids is 1. The summed E-state index contributed by atoms with van der Waals surface area (Å²) in [5.41, 5.74) is 3.36. The number of carbonyl (C=O) groups excluding carboxylic acids is 1. The van der Waals surface area contributed by atoms with Crippen molar-refractivity contribution in [2.45, 2.75) is 11.7 Å². The Morgan fingerprint density at radius 1 is 1.24 bits per heavy atom. The van der Waals surface area contributed by atoms with Crippen molar-refractivity contribution in [1.82, 2.24) is 5.32 Å². The molecule has 0 saturated carbocycles. The number of carboxylic acid groups (broad SMARTS) is 1. The van der Waals surface area contributed by atoms with Crippen molar-refractivity contribution in [2.75, 3.05) is 11.9 Å². The molecular weight excluding hydrogens is 390 g/mol. The molecule has 2 aromatic rings. The van der Waals surface area contributed by atoms with Crippen LogP contribution in [0.3, 0.4) is 0 Å². The number of rotatable bonds is 6. The van der Waals surface area contributed by atoms with Crippen LogP contribution in [0.1, 0.15) is 17.5 Å². The van der Waals surface area contributed by atoms with Gasteiger partial charge >= 0.3 is 5.97 Å². The molecule has 9 heteroatoms. The third-order valence-electron chi connectivity index (χ3n) is 4.16. The maximum Gasteiger partial charge on any atom is 0.305 e. The van der Waals surface area contributed by atoms with Crippen molar-refractivity contribution in [3.8, 4) is 6.07 Å². The number of hydrogen-bond acceptors (Lipinski definition) is 7. The van der Waals surface area contributed by atoms with Crippen molar-refractivity contribution in [2.24, 2.45) is 10.2 Å². The van der Waals surface area contributed by atoms with Crippen LogP contribution in [-0.2, 0) is 9.59 Å². The fraction of sp³-hybridized carbons (Fsp3) is 0.150. The van der Waals surface area contributed by atoms with E-state index in [1.165, 1.54) is 0 Å². The number of thioether (sulfide) groups is 1. The van der Waals surface area contributed by atoms with E-state index in [2.05, 4.69) is 21.6 Å². The van der Waals surface area contributed by atoms with Gasteiger partial charge in [0.05, 0.1) is 24.3 Å². The van der Waals surface area contributed by atoms with E-state index in [4.69, 9.17) is 10.4 Å². The number of benzene rings is 2. The molecule has 0 spiro atoms. The smallest absolute Gasteiger partial charge is 0.305 e. The molecule has 0 aliphatic carbocycles. The molecule has 0 bridgehead atoms. The lowest BCUT2D eigenvalue weighted by atomic mass is 10.1. The standard InChI is InChI=1S/C20H17N5O3S/c1-25(15-6-2-13(11-21)3-7-15)16-8-4-14(5-9-16)12-22-24-20-23-19(28)17(29-20)10-18(26)27/h2-9,12,17H,10H2,1H3,(H,26,27)(H,23,24,28). The Labute approximate surface area is 171 Å². The summed E-state index contributed by atoms with van der Waals surface area (Å²) >= 11 is 1.06. The van der Waals surface area contributed by atoms with Gasteiger partial charge in [-0.3, -0.25) is 9.59 Å². The summed E-state index contributed by atoms with van der Waals surface area (Å²) in [6.45, 7) is 0. The molecule has 1 unspecified atom stereocenters. The van der Waals surface area contributed by atoms with Crippen LogP contribution in [0.2, 0.25) is 0 Å². The van der Waals surface area contributed by atoms with Crippen LogP contribution in [0, 0.1) is 11.3 Å². The van der Waals surface area contributed by atoms with E-state index in [0.29, 0.717) is 5.56 Å². The Kier molecular flexibility index (Phi) is 6.26. The van der Waals surface area contributed by atoms with E-state index in [1.807, 2.05) is 48.3 Å². The van der Waals surface area contributed by atoms with Crippen molar-refractivity contribution in [3.63, 3.8) is 0 Å². The number of carbonyl (C=O) groups is 2. The molecule has 1 aliphatic rings. The van der Waals surface area contributed by atoms with Crippen molar-refractivity contribution >= 4 is 46.4 Å². The van der Waals surface area contributed by atoms with Crippen LogP contribution in [-0.4, -0.2) is 40.7 Å². The lowest BCUT2D eigenvalue weighted by molar-refractivity contribution is -0.138. The van der Waals surface area contributed by atoms with Gasteiger partial charge < -0.3 is 15.3 Å². The summed E-state index contributed by atoms with van der Waals surface area (Å²) in [6.07, 6.45) is 1.29. The number of amides is 1. The number of nitrogens with one attached hydrogen (secondary N) is 1. The van der Waals surface area contributed by atoms with Gasteiger partial charge in [0.15, 0.2) is 5.17 Å². The number of amidine groups is 1. The molecule has 1 atom stereocenters. The summed E-state index contributed by atoms with van der Waals surface area (Å²) in [5.74, 6) is -1.41. The quantitative estimate of drug-likeness (QED) is 0.561. The minimum absolute atomic E-state index is 0.256. The predicted octanol–water partition coefficient (Wildman–Crippen LogP) is 2.72. The molecule has 1 aliphatic heterocycles. The van der Waals surface area contributed by atoms with Gasteiger partial charge in [-0.25, -0.2) is 0 Å². The maximum absolute atomic E-state index is 11.7. The van der Waals surface area contributed by atoms with Crippen LogP contribution in [0.5, 0.6) is 0 Å². The van der Waals surface area contributed by atoms with Crippen molar-refractivity contribution < 1.29 is 14.7 Å². The average Bonchev–Trinajstić information content (AvgIpc) is 3.06. The van der Waals surface area contributed by atoms with Gasteiger partial charge in [-0.1, -0.05) is 23.9 Å². The molecular formula is C20H17N5O3S. The van der Waals surface area contributed by atoms with Crippen LogP contribution >= 0.6 is 11.8 Å². The summed E-state index contributed by atoms with van der Waals surface area (Å²) in [7, 11) is 1.93. The topological polar surface area (TPSA) is 118 Å². The van der Waals surface area contributed by atoms with Gasteiger partial charge in [-0.15, -0.1) is 5.10 Å². The first-order valence-corrected chi connectivity index (χ1v) is 9.48. The van der Waals surface area contributed by atoms with E-state index >= 15 is 0 Å². The zero-order valence-electron chi connectivity index (χ0n) is 15.4. The second-order valence-corrected chi connectivity index (χ2v) is 7.34. The molecule has 1 fully saturated rings. The van der Waals surface area contributed by atoms with Gasteiger partial charge in [-0.05, 0) is 42.0 Å². The summed E-state index contributed by atoms with van der Waals surface area (Å²) in [5, 5.41) is 27.7. The lowest BCUT2D eigenvalue weighted by Gasteiger charge is -2.19. The third kappa shape index (κ3) is 5.21. The highest BCUT2D eigenvalue weighted by atomic mass is 32.2.